The second-order valence-corrected chi connectivity index (χ2v) is 7.37. The average Bonchev–Trinajstić information content (AvgIpc) is 3.24. The number of anilines is 1. The van der Waals surface area contributed by atoms with Gasteiger partial charge in [-0.15, -0.1) is 0 Å². The number of hydrogen-bond acceptors (Lipinski definition) is 4. The molecule has 1 aliphatic rings. The number of nitrogens with one attached hydrogen (secondary N) is 2. The lowest BCUT2D eigenvalue weighted by molar-refractivity contribution is -0.127. The first kappa shape index (κ1) is 19.6. The fraction of sp³-hybridized carbons (Fsp3) is 0.273. The van der Waals surface area contributed by atoms with Crippen LogP contribution in [0.1, 0.15) is 18.4 Å². The fourth-order valence-electron chi connectivity index (χ4n) is 3.58. The molecule has 30 heavy (non-hydrogen) atoms. The van der Waals surface area contributed by atoms with E-state index in [1.807, 2.05) is 54.1 Å². The van der Waals surface area contributed by atoms with E-state index in [1.54, 1.807) is 12.4 Å². The zero-order chi connectivity index (χ0) is 21.1. The zero-order valence-corrected chi connectivity index (χ0v) is 16.7. The van der Waals surface area contributed by atoms with Crippen LogP contribution in [0.4, 0.5) is 10.5 Å². The molecular formula is C22H23N5O3. The first-order chi connectivity index (χ1) is 14.5. The number of imide groups is 1. The maximum absolute atomic E-state index is 12.6. The van der Waals surface area contributed by atoms with Gasteiger partial charge in [0.1, 0.15) is 6.04 Å². The van der Waals surface area contributed by atoms with Gasteiger partial charge in [-0.3, -0.25) is 14.5 Å². The Kier molecular flexibility index (Phi) is 5.47. The molecular weight excluding hydrogens is 382 g/mol. The molecule has 0 radical (unpaired) electrons. The van der Waals surface area contributed by atoms with E-state index in [2.05, 4.69) is 15.6 Å². The Bertz CT molecular complexity index is 1090. The smallest absolute Gasteiger partial charge is 0.324 e. The van der Waals surface area contributed by atoms with Crippen molar-refractivity contribution in [1.82, 2.24) is 19.8 Å². The Morgan fingerprint density at radius 2 is 1.97 bits per heavy atom. The molecule has 154 valence electrons. The van der Waals surface area contributed by atoms with Crippen LogP contribution in [0.25, 0.3) is 11.0 Å². The maximum Gasteiger partial charge on any atom is 0.324 e. The van der Waals surface area contributed by atoms with E-state index in [1.165, 1.54) is 4.90 Å². The summed E-state index contributed by atoms with van der Waals surface area (Å²) in [4.78, 5) is 42.5. The van der Waals surface area contributed by atoms with E-state index >= 15 is 0 Å². The molecule has 1 atom stereocenters. The van der Waals surface area contributed by atoms with Gasteiger partial charge in [-0.2, -0.15) is 0 Å². The van der Waals surface area contributed by atoms with Crippen molar-refractivity contribution in [3.63, 3.8) is 0 Å². The van der Waals surface area contributed by atoms with Gasteiger partial charge in [0.05, 0.1) is 17.4 Å². The van der Waals surface area contributed by atoms with Gasteiger partial charge >= 0.3 is 6.03 Å². The number of rotatable bonds is 7. The number of carbonyl (C=O) groups excluding carboxylic acids is 3. The minimum absolute atomic E-state index is 0.128. The van der Waals surface area contributed by atoms with E-state index in [0.717, 1.165) is 16.6 Å². The summed E-state index contributed by atoms with van der Waals surface area (Å²) >= 11 is 0. The number of carbonyl (C=O) groups is 3. The van der Waals surface area contributed by atoms with Gasteiger partial charge < -0.3 is 15.2 Å². The zero-order valence-electron chi connectivity index (χ0n) is 16.7. The van der Waals surface area contributed by atoms with Crippen LogP contribution in [0.3, 0.4) is 0 Å². The summed E-state index contributed by atoms with van der Waals surface area (Å²) in [7, 11) is 1.91. The number of imidazole rings is 1. The van der Waals surface area contributed by atoms with Gasteiger partial charge in [0.2, 0.25) is 5.91 Å². The molecule has 0 saturated carbocycles. The van der Waals surface area contributed by atoms with Gasteiger partial charge in [0.15, 0.2) is 0 Å². The van der Waals surface area contributed by atoms with Crippen molar-refractivity contribution >= 4 is 34.6 Å². The molecule has 0 spiro atoms. The topological polar surface area (TPSA) is 96.3 Å². The molecule has 8 heteroatoms. The van der Waals surface area contributed by atoms with Crippen LogP contribution in [-0.2, 0) is 23.1 Å². The standard InChI is InChI=1S/C22H23N5O3/c1-26-14-23-18-13-16(7-9-19(18)26)24-20(28)10-8-17-21(29)27(22(30)25-17)12-11-15-5-3-2-4-6-15/h2-7,9,13-14,17H,8,10-12H2,1H3,(H,24,28)(H,25,30)/t17-/m0/s1. The summed E-state index contributed by atoms with van der Waals surface area (Å²) < 4.78 is 1.90. The summed E-state index contributed by atoms with van der Waals surface area (Å²) in [6.07, 6.45) is 2.70. The van der Waals surface area contributed by atoms with E-state index in [4.69, 9.17) is 0 Å². The predicted molar refractivity (Wildman–Crippen MR) is 113 cm³/mol. The highest BCUT2D eigenvalue weighted by Gasteiger charge is 2.37. The molecule has 2 heterocycles. The third-order valence-corrected chi connectivity index (χ3v) is 5.24. The van der Waals surface area contributed by atoms with Crippen molar-refractivity contribution in [2.75, 3.05) is 11.9 Å². The number of nitrogens with zero attached hydrogens (tertiary/aromatic N) is 3. The molecule has 0 unspecified atom stereocenters. The van der Waals surface area contributed by atoms with E-state index in [9.17, 15) is 14.4 Å². The predicted octanol–water partition coefficient (Wildman–Crippen LogP) is 2.46. The second kappa shape index (κ2) is 8.36. The quantitative estimate of drug-likeness (QED) is 0.590. The van der Waals surface area contributed by atoms with Crippen molar-refractivity contribution in [1.29, 1.82) is 0 Å². The van der Waals surface area contributed by atoms with Gasteiger partial charge in [0.25, 0.3) is 5.91 Å². The first-order valence-electron chi connectivity index (χ1n) is 9.88. The number of aromatic nitrogens is 2. The third-order valence-electron chi connectivity index (χ3n) is 5.24. The van der Waals surface area contributed by atoms with Gasteiger partial charge in [0, 0.05) is 25.7 Å². The molecule has 1 fully saturated rings. The van der Waals surface area contributed by atoms with Crippen molar-refractivity contribution in [2.24, 2.45) is 7.05 Å². The van der Waals surface area contributed by atoms with Crippen molar-refractivity contribution in [2.45, 2.75) is 25.3 Å². The maximum atomic E-state index is 12.6. The van der Waals surface area contributed by atoms with E-state index in [0.29, 0.717) is 18.7 Å². The Morgan fingerprint density at radius 1 is 1.17 bits per heavy atom. The Balaban J connectivity index is 1.29. The van der Waals surface area contributed by atoms with E-state index in [-0.39, 0.29) is 24.7 Å². The Morgan fingerprint density at radius 3 is 2.77 bits per heavy atom. The van der Waals surface area contributed by atoms with Crippen molar-refractivity contribution < 1.29 is 14.4 Å². The van der Waals surface area contributed by atoms with Crippen LogP contribution in [0.5, 0.6) is 0 Å². The summed E-state index contributed by atoms with van der Waals surface area (Å²) in [5.41, 5.74) is 3.48. The van der Waals surface area contributed by atoms with Crippen molar-refractivity contribution in [3.05, 3.63) is 60.4 Å². The molecule has 8 nitrogen and oxygen atoms in total. The fourth-order valence-corrected chi connectivity index (χ4v) is 3.58. The SMILES string of the molecule is Cn1cnc2cc(NC(=O)CC[C@@H]3NC(=O)N(CCc4ccccc4)C3=O)ccc21. The number of amides is 4. The molecule has 0 aliphatic carbocycles. The molecule has 1 saturated heterocycles. The Labute approximate surface area is 173 Å². The summed E-state index contributed by atoms with van der Waals surface area (Å²) in [6.45, 7) is 0.321. The monoisotopic (exact) mass is 405 g/mol. The highest BCUT2D eigenvalue weighted by Crippen LogP contribution is 2.18. The highest BCUT2D eigenvalue weighted by atomic mass is 16.2. The first-order valence-corrected chi connectivity index (χ1v) is 9.88. The molecule has 4 amide bonds. The number of aryl methyl sites for hydroxylation is 1. The molecule has 2 aromatic carbocycles. The number of hydrogen-bond donors (Lipinski definition) is 2. The van der Waals surface area contributed by atoms with Gasteiger partial charge in [-0.25, -0.2) is 9.78 Å². The largest absolute Gasteiger partial charge is 0.334 e. The van der Waals surface area contributed by atoms with Crippen LogP contribution < -0.4 is 10.6 Å². The molecule has 2 N–H and O–H groups in total. The minimum Gasteiger partial charge on any atom is -0.334 e. The minimum atomic E-state index is -0.669. The molecule has 1 aromatic heterocycles. The number of benzene rings is 2. The summed E-state index contributed by atoms with van der Waals surface area (Å²) in [6, 6.07) is 14.1. The van der Waals surface area contributed by atoms with Crippen LogP contribution in [0.15, 0.2) is 54.9 Å². The van der Waals surface area contributed by atoms with Crippen LogP contribution in [0, 0.1) is 0 Å². The molecule has 3 aromatic rings. The molecule has 4 rings (SSSR count). The lowest BCUT2D eigenvalue weighted by Gasteiger charge is -2.13. The molecule has 1 aliphatic heterocycles. The van der Waals surface area contributed by atoms with Crippen LogP contribution in [0.2, 0.25) is 0 Å². The third kappa shape index (κ3) is 4.17. The van der Waals surface area contributed by atoms with E-state index < -0.39 is 12.1 Å². The lowest BCUT2D eigenvalue weighted by atomic mass is 10.1. The average molecular weight is 405 g/mol. The summed E-state index contributed by atoms with van der Waals surface area (Å²) in [5.74, 6) is -0.492. The van der Waals surface area contributed by atoms with Gasteiger partial charge in [-0.05, 0) is 36.6 Å². The number of urea groups is 1. The second-order valence-electron chi connectivity index (χ2n) is 7.37. The molecule has 0 bridgehead atoms. The highest BCUT2D eigenvalue weighted by molar-refractivity contribution is 6.04. The normalized spacial score (nSPS) is 16.2. The summed E-state index contributed by atoms with van der Waals surface area (Å²) in [5, 5.41) is 5.51. The Hall–Kier alpha value is -3.68. The van der Waals surface area contributed by atoms with Crippen LogP contribution in [-0.4, -0.2) is 44.9 Å². The van der Waals surface area contributed by atoms with Crippen molar-refractivity contribution in [3.8, 4) is 0 Å². The number of fused-ring (bicyclic) bond motifs is 1. The van der Waals surface area contributed by atoms with Crippen LogP contribution >= 0.6 is 0 Å². The van der Waals surface area contributed by atoms with Gasteiger partial charge in [-0.1, -0.05) is 30.3 Å². The lowest BCUT2D eigenvalue weighted by Crippen LogP contribution is -2.33.